The monoisotopic (exact) mass is 393 g/mol. The van der Waals surface area contributed by atoms with Crippen LogP contribution >= 0.6 is 11.3 Å². The Bertz CT molecular complexity index is 1080. The summed E-state index contributed by atoms with van der Waals surface area (Å²) in [6.45, 7) is 2.97. The quantitative estimate of drug-likeness (QED) is 0.521. The number of rotatable bonds is 7. The van der Waals surface area contributed by atoms with E-state index >= 15 is 0 Å². The molecule has 0 aliphatic heterocycles. The molecular weight excluding hydrogens is 374 g/mol. The van der Waals surface area contributed by atoms with E-state index < -0.39 is 0 Å². The largest absolute Gasteiger partial charge is 0.350 e. The molecule has 0 spiro atoms. The summed E-state index contributed by atoms with van der Waals surface area (Å²) >= 11 is 1.54. The number of allylic oxidation sites excluding steroid dienone is 1. The number of carbonyl (C=O) groups excluding carboxylic acids is 1. The number of hydrogen-bond acceptors (Lipinski definition) is 6. The van der Waals surface area contributed by atoms with Gasteiger partial charge in [-0.15, -0.1) is 5.10 Å². The summed E-state index contributed by atoms with van der Waals surface area (Å²) in [7, 11) is 0. The van der Waals surface area contributed by atoms with Crippen molar-refractivity contribution in [2.45, 2.75) is 19.9 Å². The maximum atomic E-state index is 12.2. The van der Waals surface area contributed by atoms with Crippen LogP contribution in [0.5, 0.6) is 0 Å². The first kappa shape index (κ1) is 18.1. The van der Waals surface area contributed by atoms with Crippen LogP contribution in [0.3, 0.4) is 0 Å². The highest BCUT2D eigenvalue weighted by Crippen LogP contribution is 2.13. The number of fused-ring (bicyclic) bond motifs is 1. The molecule has 0 aliphatic carbocycles. The molecular formula is C19H19N7OS. The lowest BCUT2D eigenvalue weighted by molar-refractivity contribution is 0.0949. The molecule has 4 aromatic rings. The van der Waals surface area contributed by atoms with E-state index in [0.29, 0.717) is 25.2 Å². The van der Waals surface area contributed by atoms with Gasteiger partial charge in [-0.3, -0.25) is 4.79 Å². The lowest BCUT2D eigenvalue weighted by Gasteiger charge is -2.00. The number of aromatic nitrogens is 6. The molecule has 3 heterocycles. The van der Waals surface area contributed by atoms with E-state index in [-0.39, 0.29) is 5.91 Å². The van der Waals surface area contributed by atoms with Crippen molar-refractivity contribution in [3.05, 3.63) is 70.8 Å². The molecule has 0 saturated carbocycles. The number of benzene rings is 1. The summed E-state index contributed by atoms with van der Waals surface area (Å²) in [5.41, 5.74) is 2.31. The van der Waals surface area contributed by atoms with Crippen molar-refractivity contribution < 1.29 is 4.79 Å². The maximum Gasteiger partial charge on any atom is 0.273 e. The minimum absolute atomic E-state index is 0.242. The highest BCUT2D eigenvalue weighted by Gasteiger charge is 2.11. The Morgan fingerprint density at radius 1 is 1.25 bits per heavy atom. The SMILES string of the molecule is Cc1nn2cc(CCNC(=O)c3cn(CC=Cc4ccccc4)nn3)nc2s1. The predicted octanol–water partition coefficient (Wildman–Crippen LogP) is 2.38. The third-order valence-corrected chi connectivity index (χ3v) is 4.87. The molecule has 9 heteroatoms. The van der Waals surface area contributed by atoms with Gasteiger partial charge < -0.3 is 5.32 Å². The van der Waals surface area contributed by atoms with Gasteiger partial charge in [0.25, 0.3) is 5.91 Å². The van der Waals surface area contributed by atoms with Crippen LogP contribution in [0.1, 0.15) is 26.8 Å². The number of nitrogens with one attached hydrogen (secondary N) is 1. The second-order valence-corrected chi connectivity index (χ2v) is 7.39. The summed E-state index contributed by atoms with van der Waals surface area (Å²) in [5, 5.41) is 16.1. The Morgan fingerprint density at radius 3 is 2.93 bits per heavy atom. The van der Waals surface area contributed by atoms with Crippen LogP contribution in [0.4, 0.5) is 0 Å². The van der Waals surface area contributed by atoms with E-state index in [1.807, 2.05) is 55.6 Å². The third-order valence-electron chi connectivity index (χ3n) is 4.03. The van der Waals surface area contributed by atoms with E-state index in [1.165, 1.54) is 0 Å². The van der Waals surface area contributed by atoms with E-state index in [0.717, 1.165) is 21.2 Å². The van der Waals surface area contributed by atoms with Crippen LogP contribution in [-0.4, -0.2) is 42.0 Å². The zero-order valence-electron chi connectivity index (χ0n) is 15.3. The molecule has 0 bridgehead atoms. The van der Waals surface area contributed by atoms with Gasteiger partial charge in [0.1, 0.15) is 5.01 Å². The molecule has 8 nitrogen and oxygen atoms in total. The molecule has 0 radical (unpaired) electrons. The highest BCUT2D eigenvalue weighted by molar-refractivity contribution is 7.16. The molecule has 1 aromatic carbocycles. The fourth-order valence-electron chi connectivity index (χ4n) is 2.71. The Hall–Kier alpha value is -3.33. The first-order chi connectivity index (χ1) is 13.7. The van der Waals surface area contributed by atoms with Gasteiger partial charge in [-0.05, 0) is 12.5 Å². The Morgan fingerprint density at radius 2 is 2.11 bits per heavy atom. The number of hydrogen-bond donors (Lipinski definition) is 1. The van der Waals surface area contributed by atoms with Crippen molar-refractivity contribution >= 4 is 28.3 Å². The minimum atomic E-state index is -0.242. The normalized spacial score (nSPS) is 11.5. The lowest BCUT2D eigenvalue weighted by atomic mass is 10.2. The molecule has 142 valence electrons. The first-order valence-electron chi connectivity index (χ1n) is 8.89. The average Bonchev–Trinajstić information content (AvgIpc) is 3.37. The first-order valence-corrected chi connectivity index (χ1v) is 9.70. The molecule has 0 saturated heterocycles. The number of nitrogens with zero attached hydrogens (tertiary/aromatic N) is 6. The van der Waals surface area contributed by atoms with Gasteiger partial charge in [-0.25, -0.2) is 14.2 Å². The van der Waals surface area contributed by atoms with Crippen LogP contribution < -0.4 is 5.32 Å². The van der Waals surface area contributed by atoms with Gasteiger partial charge in [0.05, 0.1) is 24.6 Å². The summed E-state index contributed by atoms with van der Waals surface area (Å²) in [4.78, 5) is 17.6. The van der Waals surface area contributed by atoms with Gasteiger partial charge in [-0.1, -0.05) is 59.0 Å². The van der Waals surface area contributed by atoms with Crippen LogP contribution in [0.15, 0.2) is 48.8 Å². The van der Waals surface area contributed by atoms with Gasteiger partial charge in [0, 0.05) is 13.0 Å². The molecule has 4 rings (SSSR count). The topological polar surface area (TPSA) is 90.0 Å². The standard InChI is InChI=1S/C19H19N7OS/c1-14-23-26-12-16(21-19(26)28-14)9-10-20-18(27)17-13-25(24-22-17)11-5-8-15-6-3-2-4-7-15/h2-8,12-13H,9-11H2,1H3,(H,20,27). The Balaban J connectivity index is 1.26. The second-order valence-electron chi connectivity index (χ2n) is 6.23. The molecule has 0 aliphatic rings. The van der Waals surface area contributed by atoms with Crippen molar-refractivity contribution in [3.63, 3.8) is 0 Å². The predicted molar refractivity (Wildman–Crippen MR) is 107 cm³/mol. The van der Waals surface area contributed by atoms with Crippen molar-refractivity contribution in [3.8, 4) is 0 Å². The van der Waals surface area contributed by atoms with Crippen molar-refractivity contribution in [2.24, 2.45) is 0 Å². The van der Waals surface area contributed by atoms with E-state index in [4.69, 9.17) is 0 Å². The number of imidazole rings is 1. The van der Waals surface area contributed by atoms with Crippen molar-refractivity contribution in [1.29, 1.82) is 0 Å². The molecule has 0 unspecified atom stereocenters. The van der Waals surface area contributed by atoms with Crippen LogP contribution in [0.2, 0.25) is 0 Å². The third kappa shape index (κ3) is 4.32. The molecule has 3 aromatic heterocycles. The Kier molecular flexibility index (Phi) is 5.24. The molecule has 0 atom stereocenters. The smallest absolute Gasteiger partial charge is 0.273 e. The van der Waals surface area contributed by atoms with Crippen LogP contribution in [-0.2, 0) is 13.0 Å². The van der Waals surface area contributed by atoms with Gasteiger partial charge >= 0.3 is 0 Å². The number of aryl methyl sites for hydroxylation is 1. The summed E-state index contributed by atoms with van der Waals surface area (Å²) < 4.78 is 3.40. The lowest BCUT2D eigenvalue weighted by Crippen LogP contribution is -2.26. The zero-order valence-corrected chi connectivity index (χ0v) is 16.1. The fourth-order valence-corrected chi connectivity index (χ4v) is 3.46. The van der Waals surface area contributed by atoms with Crippen molar-refractivity contribution in [1.82, 2.24) is 34.9 Å². The number of carbonyl (C=O) groups is 1. The minimum Gasteiger partial charge on any atom is -0.350 e. The summed E-state index contributed by atoms with van der Waals surface area (Å²) in [6, 6.07) is 10.0. The van der Waals surface area contributed by atoms with E-state index in [2.05, 4.69) is 25.7 Å². The molecule has 28 heavy (non-hydrogen) atoms. The Labute approximate surface area is 165 Å². The van der Waals surface area contributed by atoms with Gasteiger partial charge in [-0.2, -0.15) is 5.10 Å². The van der Waals surface area contributed by atoms with Gasteiger partial charge in [0.15, 0.2) is 5.69 Å². The second kappa shape index (κ2) is 8.13. The fraction of sp³-hybridized carbons (Fsp3) is 0.211. The molecule has 1 N–H and O–H groups in total. The molecule has 1 amide bonds. The van der Waals surface area contributed by atoms with E-state index in [9.17, 15) is 4.79 Å². The van der Waals surface area contributed by atoms with Crippen LogP contribution in [0.25, 0.3) is 11.0 Å². The molecule has 0 fully saturated rings. The van der Waals surface area contributed by atoms with Crippen molar-refractivity contribution in [2.75, 3.05) is 6.54 Å². The summed E-state index contributed by atoms with van der Waals surface area (Å²) in [5.74, 6) is -0.242. The number of amides is 1. The average molecular weight is 393 g/mol. The zero-order chi connectivity index (χ0) is 19.3. The summed E-state index contributed by atoms with van der Waals surface area (Å²) in [6.07, 6.45) is 8.15. The van der Waals surface area contributed by atoms with E-state index in [1.54, 1.807) is 26.7 Å². The van der Waals surface area contributed by atoms with Gasteiger partial charge in [0.2, 0.25) is 4.96 Å². The van der Waals surface area contributed by atoms with Crippen LogP contribution in [0, 0.1) is 6.92 Å². The maximum absolute atomic E-state index is 12.2. The highest BCUT2D eigenvalue weighted by atomic mass is 32.1.